The summed E-state index contributed by atoms with van der Waals surface area (Å²) in [5, 5.41) is 5.77. The van der Waals surface area contributed by atoms with Gasteiger partial charge in [0.15, 0.2) is 0 Å². The van der Waals surface area contributed by atoms with Crippen molar-refractivity contribution in [3.05, 3.63) is 107 Å². The third-order valence-corrected chi connectivity index (χ3v) is 5.15. The molecule has 0 saturated heterocycles. The second-order valence-corrected chi connectivity index (χ2v) is 7.06. The van der Waals surface area contributed by atoms with E-state index < -0.39 is 0 Å². The molecule has 4 aromatic rings. The molecule has 30 heavy (non-hydrogen) atoms. The lowest BCUT2D eigenvalue weighted by molar-refractivity contribution is 0.296. The van der Waals surface area contributed by atoms with Crippen molar-refractivity contribution in [1.82, 2.24) is 5.32 Å². The first-order valence-electron chi connectivity index (χ1n) is 9.95. The fourth-order valence-corrected chi connectivity index (χ4v) is 3.58. The number of benzene rings is 4. The Labute approximate surface area is 176 Å². The first-order chi connectivity index (χ1) is 14.8. The molecule has 0 bridgehead atoms. The Morgan fingerprint density at radius 2 is 1.47 bits per heavy atom. The molecule has 0 aliphatic rings. The van der Waals surface area contributed by atoms with Crippen LogP contribution in [0.1, 0.15) is 16.7 Å². The number of hydrogen-bond acceptors (Lipinski definition) is 3. The summed E-state index contributed by atoms with van der Waals surface area (Å²) in [5.74, 6) is 1.36. The van der Waals surface area contributed by atoms with E-state index in [1.807, 2.05) is 54.6 Å². The van der Waals surface area contributed by atoms with Crippen molar-refractivity contribution >= 4 is 10.8 Å². The highest BCUT2D eigenvalue weighted by Crippen LogP contribution is 2.29. The van der Waals surface area contributed by atoms with Crippen LogP contribution in [-0.4, -0.2) is 7.11 Å². The van der Waals surface area contributed by atoms with Crippen molar-refractivity contribution in [1.29, 1.82) is 0 Å². The molecule has 0 fully saturated rings. The molecule has 152 valence electrons. The van der Waals surface area contributed by atoms with Gasteiger partial charge in [-0.15, -0.1) is 0 Å². The average Bonchev–Trinajstić information content (AvgIpc) is 2.79. The van der Waals surface area contributed by atoms with Gasteiger partial charge < -0.3 is 14.8 Å². The van der Waals surface area contributed by atoms with Crippen LogP contribution in [0.2, 0.25) is 0 Å². The zero-order valence-corrected chi connectivity index (χ0v) is 16.9. The van der Waals surface area contributed by atoms with E-state index in [0.29, 0.717) is 18.7 Å². The van der Waals surface area contributed by atoms with Gasteiger partial charge in [0.1, 0.15) is 23.9 Å². The van der Waals surface area contributed by atoms with Gasteiger partial charge >= 0.3 is 0 Å². The fourth-order valence-electron chi connectivity index (χ4n) is 3.58. The van der Waals surface area contributed by atoms with Gasteiger partial charge in [-0.1, -0.05) is 66.7 Å². The fraction of sp³-hybridized carbons (Fsp3) is 0.154. The summed E-state index contributed by atoms with van der Waals surface area (Å²) in [4.78, 5) is 0. The average molecular weight is 401 g/mol. The van der Waals surface area contributed by atoms with Gasteiger partial charge in [-0.25, -0.2) is 4.39 Å². The Hall–Kier alpha value is -3.37. The summed E-state index contributed by atoms with van der Waals surface area (Å²) in [6.07, 6.45) is 0. The summed E-state index contributed by atoms with van der Waals surface area (Å²) >= 11 is 0. The van der Waals surface area contributed by atoms with Gasteiger partial charge in [-0.2, -0.15) is 0 Å². The molecule has 0 spiro atoms. The standard InChI is InChI=1S/C26H24FNO2/c1-29-25-13-7-4-9-20(25)16-28-17-23-22-11-5-2-8-19(22)14-15-26(23)30-18-21-10-3-6-12-24(21)27/h2-15,28H,16-18H2,1H3. The van der Waals surface area contributed by atoms with Gasteiger partial charge in [0, 0.05) is 29.8 Å². The van der Waals surface area contributed by atoms with E-state index in [0.717, 1.165) is 33.4 Å². The predicted molar refractivity (Wildman–Crippen MR) is 118 cm³/mol. The topological polar surface area (TPSA) is 30.5 Å². The maximum absolute atomic E-state index is 14.0. The second kappa shape index (κ2) is 9.42. The zero-order chi connectivity index (χ0) is 20.8. The molecule has 0 radical (unpaired) electrons. The summed E-state index contributed by atoms with van der Waals surface area (Å²) in [7, 11) is 1.68. The highest BCUT2D eigenvalue weighted by atomic mass is 19.1. The Kier molecular flexibility index (Phi) is 6.26. The molecule has 0 heterocycles. The summed E-state index contributed by atoms with van der Waals surface area (Å²) in [6.45, 7) is 1.47. The highest BCUT2D eigenvalue weighted by Gasteiger charge is 2.11. The molecule has 1 N–H and O–H groups in total. The van der Waals surface area contributed by atoms with E-state index in [2.05, 4.69) is 17.4 Å². The molecule has 0 atom stereocenters. The lowest BCUT2D eigenvalue weighted by Gasteiger charge is -2.16. The number of ether oxygens (including phenoxy) is 2. The maximum atomic E-state index is 14.0. The number of fused-ring (bicyclic) bond motifs is 1. The first kappa shape index (κ1) is 19.9. The first-order valence-corrected chi connectivity index (χ1v) is 9.95. The van der Waals surface area contributed by atoms with Crippen LogP contribution >= 0.6 is 0 Å². The van der Waals surface area contributed by atoms with Crippen LogP contribution in [0.25, 0.3) is 10.8 Å². The Morgan fingerprint density at radius 3 is 2.30 bits per heavy atom. The number of para-hydroxylation sites is 1. The van der Waals surface area contributed by atoms with E-state index in [9.17, 15) is 4.39 Å². The third kappa shape index (κ3) is 4.44. The lowest BCUT2D eigenvalue weighted by atomic mass is 10.0. The molecule has 3 nitrogen and oxygen atoms in total. The summed E-state index contributed by atoms with van der Waals surface area (Å²) in [5.41, 5.74) is 2.69. The number of halogens is 1. The van der Waals surface area contributed by atoms with Gasteiger partial charge in [-0.05, 0) is 29.0 Å². The Balaban J connectivity index is 1.56. The molecule has 0 unspecified atom stereocenters. The Bertz CT molecular complexity index is 1140. The van der Waals surface area contributed by atoms with Gasteiger partial charge in [0.05, 0.1) is 7.11 Å². The predicted octanol–water partition coefficient (Wildman–Crippen LogP) is 5.86. The minimum Gasteiger partial charge on any atom is -0.496 e. The molecule has 4 rings (SSSR count). The van der Waals surface area contributed by atoms with Crippen LogP contribution in [0.15, 0.2) is 84.9 Å². The van der Waals surface area contributed by atoms with Crippen molar-refractivity contribution in [2.75, 3.05) is 7.11 Å². The van der Waals surface area contributed by atoms with Crippen LogP contribution in [0.4, 0.5) is 4.39 Å². The van der Waals surface area contributed by atoms with Gasteiger partial charge in [-0.3, -0.25) is 0 Å². The van der Waals surface area contributed by atoms with Crippen LogP contribution in [0.3, 0.4) is 0 Å². The smallest absolute Gasteiger partial charge is 0.129 e. The largest absolute Gasteiger partial charge is 0.496 e. The molecular formula is C26H24FNO2. The number of hydrogen-bond donors (Lipinski definition) is 1. The van der Waals surface area contributed by atoms with E-state index in [1.54, 1.807) is 19.2 Å². The lowest BCUT2D eigenvalue weighted by Crippen LogP contribution is -2.15. The number of nitrogens with one attached hydrogen (secondary N) is 1. The van der Waals surface area contributed by atoms with E-state index in [-0.39, 0.29) is 12.4 Å². The van der Waals surface area contributed by atoms with Crippen LogP contribution < -0.4 is 14.8 Å². The van der Waals surface area contributed by atoms with Crippen LogP contribution in [-0.2, 0) is 19.7 Å². The van der Waals surface area contributed by atoms with Gasteiger partial charge in [0.2, 0.25) is 0 Å². The molecule has 0 aromatic heterocycles. The normalized spacial score (nSPS) is 10.9. The SMILES string of the molecule is COc1ccccc1CNCc1c(OCc2ccccc2F)ccc2ccccc12. The summed E-state index contributed by atoms with van der Waals surface area (Å²) < 4.78 is 25.5. The molecule has 0 saturated carbocycles. The zero-order valence-electron chi connectivity index (χ0n) is 16.9. The molecule has 0 aliphatic carbocycles. The summed E-state index contributed by atoms with van der Waals surface area (Å²) in [6, 6.07) is 26.9. The van der Waals surface area contributed by atoms with Crippen molar-refractivity contribution in [3.63, 3.8) is 0 Å². The molecular weight excluding hydrogens is 377 g/mol. The van der Waals surface area contributed by atoms with Crippen molar-refractivity contribution in [2.24, 2.45) is 0 Å². The van der Waals surface area contributed by atoms with E-state index in [1.165, 1.54) is 6.07 Å². The van der Waals surface area contributed by atoms with Crippen molar-refractivity contribution < 1.29 is 13.9 Å². The van der Waals surface area contributed by atoms with Crippen LogP contribution in [0.5, 0.6) is 11.5 Å². The molecule has 0 amide bonds. The minimum absolute atomic E-state index is 0.185. The van der Waals surface area contributed by atoms with E-state index >= 15 is 0 Å². The highest BCUT2D eigenvalue weighted by molar-refractivity contribution is 5.87. The molecule has 0 aliphatic heterocycles. The van der Waals surface area contributed by atoms with Crippen LogP contribution in [0, 0.1) is 5.82 Å². The third-order valence-electron chi connectivity index (χ3n) is 5.15. The van der Waals surface area contributed by atoms with E-state index in [4.69, 9.17) is 9.47 Å². The monoisotopic (exact) mass is 401 g/mol. The van der Waals surface area contributed by atoms with Gasteiger partial charge in [0.25, 0.3) is 0 Å². The second-order valence-electron chi connectivity index (χ2n) is 7.06. The van der Waals surface area contributed by atoms with Crippen molar-refractivity contribution in [2.45, 2.75) is 19.7 Å². The maximum Gasteiger partial charge on any atom is 0.129 e. The quantitative estimate of drug-likeness (QED) is 0.401. The molecule has 4 heteroatoms. The minimum atomic E-state index is -0.255. The Morgan fingerprint density at radius 1 is 0.733 bits per heavy atom. The number of rotatable bonds is 8. The number of methoxy groups -OCH3 is 1. The molecule has 4 aromatic carbocycles. The van der Waals surface area contributed by atoms with Crippen molar-refractivity contribution in [3.8, 4) is 11.5 Å².